The number of nitriles is 1. The summed E-state index contributed by atoms with van der Waals surface area (Å²) in [5.74, 6) is -0.472. The predicted molar refractivity (Wildman–Crippen MR) is 94.4 cm³/mol. The molecule has 3 rings (SSSR count). The lowest BCUT2D eigenvalue weighted by Crippen LogP contribution is -2.13. The number of thiophene rings is 1. The molecule has 0 radical (unpaired) electrons. The van der Waals surface area contributed by atoms with Gasteiger partial charge in [0.15, 0.2) is 0 Å². The van der Waals surface area contributed by atoms with Gasteiger partial charge in [-0.25, -0.2) is 0 Å². The molecule has 0 saturated heterocycles. The van der Waals surface area contributed by atoms with Crippen LogP contribution in [0.4, 0.5) is 10.7 Å². The molecular weight excluding hydrogens is 394 g/mol. The first-order valence-corrected chi connectivity index (χ1v) is 8.92. The third-order valence-corrected chi connectivity index (χ3v) is 5.81. The number of anilines is 1. The molecule has 1 aromatic carbocycles. The van der Waals surface area contributed by atoms with Crippen molar-refractivity contribution in [3.63, 3.8) is 0 Å². The average molecular weight is 406 g/mol. The highest BCUT2D eigenvalue weighted by molar-refractivity contribution is 9.10. The summed E-state index contributed by atoms with van der Waals surface area (Å²) in [5.41, 5.74) is 1.56. The lowest BCUT2D eigenvalue weighted by atomic mass is 9.96. The highest BCUT2D eigenvalue weighted by Gasteiger charge is 2.23. The molecule has 0 aliphatic heterocycles. The van der Waals surface area contributed by atoms with Gasteiger partial charge in [-0.05, 0) is 53.2 Å². The van der Waals surface area contributed by atoms with Crippen LogP contribution in [0.25, 0.3) is 0 Å². The van der Waals surface area contributed by atoms with Gasteiger partial charge in [0.1, 0.15) is 11.1 Å². The third-order valence-electron chi connectivity index (χ3n) is 3.92. The molecule has 2 aromatic rings. The van der Waals surface area contributed by atoms with Crippen molar-refractivity contribution >= 4 is 43.9 Å². The van der Waals surface area contributed by atoms with Crippen LogP contribution in [0.2, 0.25) is 0 Å². The fraction of sp³-hybridized carbons (Fsp3) is 0.250. The number of benzene rings is 1. The van der Waals surface area contributed by atoms with Crippen LogP contribution >= 0.6 is 27.3 Å². The second-order valence-corrected chi connectivity index (χ2v) is 7.36. The fourth-order valence-electron chi connectivity index (χ4n) is 2.74. The van der Waals surface area contributed by atoms with E-state index in [1.54, 1.807) is 0 Å². The van der Waals surface area contributed by atoms with E-state index in [1.165, 1.54) is 29.5 Å². The molecule has 0 unspecified atom stereocenters. The maximum absolute atomic E-state index is 12.5. The number of rotatable bonds is 3. The molecule has 0 bridgehead atoms. The molecule has 0 fully saturated rings. The van der Waals surface area contributed by atoms with Gasteiger partial charge < -0.3 is 5.32 Å². The van der Waals surface area contributed by atoms with Gasteiger partial charge in [-0.3, -0.25) is 14.9 Å². The van der Waals surface area contributed by atoms with Crippen LogP contribution in [0, 0.1) is 21.4 Å². The van der Waals surface area contributed by atoms with Crippen LogP contribution in [0.3, 0.4) is 0 Å². The highest BCUT2D eigenvalue weighted by atomic mass is 79.9. The van der Waals surface area contributed by atoms with Gasteiger partial charge in [0.25, 0.3) is 11.6 Å². The number of amides is 1. The van der Waals surface area contributed by atoms with E-state index >= 15 is 0 Å². The first-order chi connectivity index (χ1) is 11.5. The quantitative estimate of drug-likeness (QED) is 0.603. The van der Waals surface area contributed by atoms with Gasteiger partial charge in [0.05, 0.1) is 16.1 Å². The zero-order chi connectivity index (χ0) is 17.3. The summed E-state index contributed by atoms with van der Waals surface area (Å²) in [4.78, 5) is 24.0. The minimum atomic E-state index is -0.548. The lowest BCUT2D eigenvalue weighted by Gasteiger charge is -2.09. The Balaban J connectivity index is 1.94. The van der Waals surface area contributed by atoms with E-state index in [-0.39, 0.29) is 11.3 Å². The SMILES string of the molecule is N#Cc1c(NC(=O)c2cc([N+](=O)[O-])ccc2Br)sc2c1CCCC2. The Labute approximate surface area is 150 Å². The van der Waals surface area contributed by atoms with E-state index in [9.17, 15) is 20.2 Å². The second-order valence-electron chi connectivity index (χ2n) is 5.40. The maximum atomic E-state index is 12.5. The molecule has 1 N–H and O–H groups in total. The van der Waals surface area contributed by atoms with Crippen molar-refractivity contribution in [2.24, 2.45) is 0 Å². The van der Waals surface area contributed by atoms with Crippen LogP contribution in [0.15, 0.2) is 22.7 Å². The number of nitrogens with one attached hydrogen (secondary N) is 1. The van der Waals surface area contributed by atoms with Gasteiger partial charge in [-0.15, -0.1) is 11.3 Å². The van der Waals surface area contributed by atoms with Crippen LogP contribution in [-0.2, 0) is 12.8 Å². The number of nitrogens with zero attached hydrogens (tertiary/aromatic N) is 2. The Morgan fingerprint density at radius 3 is 2.83 bits per heavy atom. The second kappa shape index (κ2) is 6.71. The predicted octanol–water partition coefficient (Wildman–Crippen LogP) is 4.42. The zero-order valence-electron chi connectivity index (χ0n) is 12.5. The first kappa shape index (κ1) is 16.6. The Morgan fingerprint density at radius 2 is 2.12 bits per heavy atom. The van der Waals surface area contributed by atoms with Crippen LogP contribution < -0.4 is 5.32 Å². The molecule has 0 atom stereocenters. The van der Waals surface area contributed by atoms with E-state index in [1.807, 2.05) is 0 Å². The number of nitro benzene ring substituents is 1. The van der Waals surface area contributed by atoms with E-state index in [0.717, 1.165) is 36.1 Å². The molecule has 122 valence electrons. The standard InChI is InChI=1S/C16H12BrN3O3S/c17-13-6-5-9(20(22)23)7-11(13)15(21)19-16-12(8-18)10-3-1-2-4-14(10)24-16/h5-7H,1-4H2,(H,19,21). The Bertz CT molecular complexity index is 885. The summed E-state index contributed by atoms with van der Waals surface area (Å²) in [5, 5.41) is 23.6. The number of carbonyl (C=O) groups is 1. The molecule has 24 heavy (non-hydrogen) atoms. The average Bonchev–Trinajstić information content (AvgIpc) is 2.91. The van der Waals surface area contributed by atoms with E-state index in [4.69, 9.17) is 0 Å². The minimum absolute atomic E-state index is 0.158. The molecule has 1 aliphatic carbocycles. The van der Waals surface area contributed by atoms with Crippen molar-refractivity contribution in [3.8, 4) is 6.07 Å². The zero-order valence-corrected chi connectivity index (χ0v) is 14.9. The number of nitro groups is 1. The van der Waals surface area contributed by atoms with E-state index in [2.05, 4.69) is 27.3 Å². The number of hydrogen-bond donors (Lipinski definition) is 1. The molecule has 1 heterocycles. The largest absolute Gasteiger partial charge is 0.312 e. The molecule has 1 aliphatic rings. The molecule has 0 saturated carbocycles. The molecule has 6 nitrogen and oxygen atoms in total. The molecule has 0 spiro atoms. The van der Waals surface area contributed by atoms with Crippen molar-refractivity contribution in [2.45, 2.75) is 25.7 Å². The van der Waals surface area contributed by atoms with Gasteiger partial charge in [-0.1, -0.05) is 0 Å². The summed E-state index contributed by atoms with van der Waals surface area (Å²) in [6, 6.07) is 6.20. The number of non-ortho nitro benzene ring substituents is 1. The van der Waals surface area contributed by atoms with Crippen LogP contribution in [0.5, 0.6) is 0 Å². The smallest absolute Gasteiger partial charge is 0.270 e. The highest BCUT2D eigenvalue weighted by Crippen LogP contribution is 2.38. The summed E-state index contributed by atoms with van der Waals surface area (Å²) < 4.78 is 0.463. The van der Waals surface area contributed by atoms with E-state index < -0.39 is 10.8 Å². The monoisotopic (exact) mass is 405 g/mol. The van der Waals surface area contributed by atoms with Gasteiger partial charge in [0.2, 0.25) is 0 Å². The number of fused-ring (bicyclic) bond motifs is 1. The summed E-state index contributed by atoms with van der Waals surface area (Å²) in [7, 11) is 0. The van der Waals surface area contributed by atoms with Crippen molar-refractivity contribution in [2.75, 3.05) is 5.32 Å². The van der Waals surface area contributed by atoms with Gasteiger partial charge in [0, 0.05) is 21.5 Å². The topological polar surface area (TPSA) is 96.0 Å². The van der Waals surface area contributed by atoms with Crippen LogP contribution in [-0.4, -0.2) is 10.8 Å². The molecule has 8 heteroatoms. The number of aryl methyl sites for hydroxylation is 1. The molecule has 1 aromatic heterocycles. The normalized spacial score (nSPS) is 13.0. The molecule has 1 amide bonds. The fourth-order valence-corrected chi connectivity index (χ4v) is 4.40. The third kappa shape index (κ3) is 3.05. The summed E-state index contributed by atoms with van der Waals surface area (Å²) in [6.07, 6.45) is 3.90. The lowest BCUT2D eigenvalue weighted by molar-refractivity contribution is -0.384. The Kier molecular flexibility index (Phi) is 4.64. The van der Waals surface area contributed by atoms with Gasteiger partial charge >= 0.3 is 0 Å². The Morgan fingerprint density at radius 1 is 1.38 bits per heavy atom. The maximum Gasteiger partial charge on any atom is 0.270 e. The number of halogens is 1. The summed E-state index contributed by atoms with van der Waals surface area (Å²) in [6.45, 7) is 0. The first-order valence-electron chi connectivity index (χ1n) is 7.31. The number of carbonyl (C=O) groups excluding carboxylic acids is 1. The Hall–Kier alpha value is -2.24. The van der Waals surface area contributed by atoms with E-state index in [0.29, 0.717) is 15.0 Å². The summed E-state index contributed by atoms with van der Waals surface area (Å²) >= 11 is 4.66. The van der Waals surface area contributed by atoms with Crippen molar-refractivity contribution < 1.29 is 9.72 Å². The van der Waals surface area contributed by atoms with Gasteiger partial charge in [-0.2, -0.15) is 5.26 Å². The van der Waals surface area contributed by atoms with Crippen molar-refractivity contribution in [1.29, 1.82) is 5.26 Å². The number of hydrogen-bond acceptors (Lipinski definition) is 5. The van der Waals surface area contributed by atoms with Crippen molar-refractivity contribution in [3.05, 3.63) is 54.4 Å². The minimum Gasteiger partial charge on any atom is -0.312 e. The molecular formula is C16H12BrN3O3S. The van der Waals surface area contributed by atoms with Crippen molar-refractivity contribution in [1.82, 2.24) is 0 Å². The van der Waals surface area contributed by atoms with Crippen LogP contribution in [0.1, 0.15) is 39.2 Å².